The molecule has 3 heteroatoms. The standard InChI is InChI=1S/C12H15ClN2/c1-10(9-15(2)7-6-14)11-4-3-5-12(13)8-11/h3-5,8,10H,7,9H2,1-2H3/t10-/m0/s1. The fourth-order valence-electron chi connectivity index (χ4n) is 1.57. The summed E-state index contributed by atoms with van der Waals surface area (Å²) in [5.41, 5.74) is 1.22. The molecular formula is C12H15ClN2. The van der Waals surface area contributed by atoms with E-state index < -0.39 is 0 Å². The summed E-state index contributed by atoms with van der Waals surface area (Å²) in [6.07, 6.45) is 0. The van der Waals surface area contributed by atoms with Gasteiger partial charge in [-0.1, -0.05) is 30.7 Å². The van der Waals surface area contributed by atoms with Gasteiger partial charge in [-0.2, -0.15) is 5.26 Å². The van der Waals surface area contributed by atoms with E-state index in [1.807, 2.05) is 30.1 Å². The Hall–Kier alpha value is -1.04. The average molecular weight is 223 g/mol. The van der Waals surface area contributed by atoms with Crippen LogP contribution in [-0.4, -0.2) is 25.0 Å². The molecule has 0 aliphatic carbocycles. The monoisotopic (exact) mass is 222 g/mol. The summed E-state index contributed by atoms with van der Waals surface area (Å²) in [5, 5.41) is 9.32. The van der Waals surface area contributed by atoms with Crippen LogP contribution in [0, 0.1) is 11.3 Å². The molecule has 1 atom stereocenters. The summed E-state index contributed by atoms with van der Waals surface area (Å²) in [4.78, 5) is 2.01. The van der Waals surface area contributed by atoms with Crippen LogP contribution >= 0.6 is 11.6 Å². The Morgan fingerprint density at radius 3 is 2.87 bits per heavy atom. The van der Waals surface area contributed by atoms with Crippen molar-refractivity contribution in [1.82, 2.24) is 4.90 Å². The number of hydrogen-bond acceptors (Lipinski definition) is 2. The quantitative estimate of drug-likeness (QED) is 0.733. The van der Waals surface area contributed by atoms with Gasteiger partial charge in [-0.25, -0.2) is 0 Å². The van der Waals surface area contributed by atoms with E-state index >= 15 is 0 Å². The lowest BCUT2D eigenvalue weighted by atomic mass is 10.0. The fraction of sp³-hybridized carbons (Fsp3) is 0.417. The second-order valence-corrected chi connectivity index (χ2v) is 4.25. The smallest absolute Gasteiger partial charge is 0.0863 e. The lowest BCUT2D eigenvalue weighted by Gasteiger charge is -2.18. The van der Waals surface area contributed by atoms with Gasteiger partial charge in [0.15, 0.2) is 0 Å². The van der Waals surface area contributed by atoms with E-state index in [1.54, 1.807) is 0 Å². The number of likely N-dealkylation sites (N-methyl/N-ethyl adjacent to an activating group) is 1. The normalized spacial score (nSPS) is 12.5. The summed E-state index contributed by atoms with van der Waals surface area (Å²) in [7, 11) is 1.95. The van der Waals surface area contributed by atoms with Crippen molar-refractivity contribution >= 4 is 11.6 Å². The van der Waals surface area contributed by atoms with Gasteiger partial charge in [0.25, 0.3) is 0 Å². The minimum atomic E-state index is 0.391. The van der Waals surface area contributed by atoms with E-state index in [9.17, 15) is 0 Å². The molecule has 0 radical (unpaired) electrons. The molecule has 2 nitrogen and oxygen atoms in total. The molecule has 1 aromatic rings. The second-order valence-electron chi connectivity index (χ2n) is 3.81. The minimum absolute atomic E-state index is 0.391. The fourth-order valence-corrected chi connectivity index (χ4v) is 1.77. The third-order valence-electron chi connectivity index (χ3n) is 2.34. The molecule has 0 unspecified atom stereocenters. The van der Waals surface area contributed by atoms with Crippen molar-refractivity contribution < 1.29 is 0 Å². The molecule has 0 saturated carbocycles. The molecule has 0 aliphatic rings. The first kappa shape index (κ1) is 12.0. The molecule has 1 aromatic carbocycles. The Balaban J connectivity index is 2.61. The lowest BCUT2D eigenvalue weighted by Crippen LogP contribution is -2.23. The van der Waals surface area contributed by atoms with Gasteiger partial charge >= 0.3 is 0 Å². The Kier molecular flexibility index (Phi) is 4.61. The van der Waals surface area contributed by atoms with Gasteiger partial charge in [0, 0.05) is 11.6 Å². The molecule has 0 fully saturated rings. The molecule has 0 heterocycles. The SMILES string of the molecule is C[C@@H](CN(C)CC#N)c1cccc(Cl)c1. The highest BCUT2D eigenvalue weighted by molar-refractivity contribution is 6.30. The zero-order chi connectivity index (χ0) is 11.3. The van der Waals surface area contributed by atoms with Crippen LogP contribution in [0.1, 0.15) is 18.4 Å². The van der Waals surface area contributed by atoms with E-state index in [1.165, 1.54) is 5.56 Å². The highest BCUT2D eigenvalue weighted by atomic mass is 35.5. The molecular weight excluding hydrogens is 208 g/mol. The Morgan fingerprint density at radius 1 is 1.53 bits per heavy atom. The third-order valence-corrected chi connectivity index (χ3v) is 2.58. The summed E-state index contributed by atoms with van der Waals surface area (Å²) in [6.45, 7) is 3.47. The summed E-state index contributed by atoms with van der Waals surface area (Å²) in [6, 6.07) is 10.0. The molecule has 0 aliphatic heterocycles. The van der Waals surface area contributed by atoms with Crippen molar-refractivity contribution in [2.45, 2.75) is 12.8 Å². The van der Waals surface area contributed by atoms with Crippen molar-refractivity contribution in [2.75, 3.05) is 20.1 Å². The van der Waals surface area contributed by atoms with Gasteiger partial charge in [-0.05, 0) is 30.7 Å². The van der Waals surface area contributed by atoms with Crippen LogP contribution in [-0.2, 0) is 0 Å². The maximum absolute atomic E-state index is 8.55. The zero-order valence-corrected chi connectivity index (χ0v) is 9.83. The Morgan fingerprint density at radius 2 is 2.27 bits per heavy atom. The van der Waals surface area contributed by atoms with E-state index in [0.29, 0.717) is 12.5 Å². The van der Waals surface area contributed by atoms with Crippen molar-refractivity contribution in [2.24, 2.45) is 0 Å². The van der Waals surface area contributed by atoms with Gasteiger partial charge in [0.05, 0.1) is 12.6 Å². The van der Waals surface area contributed by atoms with Crippen molar-refractivity contribution in [1.29, 1.82) is 5.26 Å². The zero-order valence-electron chi connectivity index (χ0n) is 9.07. The van der Waals surface area contributed by atoms with Crippen LogP contribution in [0.25, 0.3) is 0 Å². The van der Waals surface area contributed by atoms with Gasteiger partial charge in [0.2, 0.25) is 0 Å². The topological polar surface area (TPSA) is 27.0 Å². The van der Waals surface area contributed by atoms with E-state index in [0.717, 1.165) is 11.6 Å². The van der Waals surface area contributed by atoms with Gasteiger partial charge in [-0.15, -0.1) is 0 Å². The second kappa shape index (κ2) is 5.75. The number of hydrogen-bond donors (Lipinski definition) is 0. The Labute approximate surface area is 96.1 Å². The molecule has 15 heavy (non-hydrogen) atoms. The highest BCUT2D eigenvalue weighted by Crippen LogP contribution is 2.19. The largest absolute Gasteiger partial charge is 0.293 e. The maximum atomic E-state index is 8.55. The van der Waals surface area contributed by atoms with E-state index in [2.05, 4.69) is 19.1 Å². The lowest BCUT2D eigenvalue weighted by molar-refractivity contribution is 0.353. The van der Waals surface area contributed by atoms with Crippen LogP contribution in [0.4, 0.5) is 0 Å². The maximum Gasteiger partial charge on any atom is 0.0863 e. The predicted molar refractivity (Wildman–Crippen MR) is 63.0 cm³/mol. The first-order valence-corrected chi connectivity index (χ1v) is 5.32. The minimum Gasteiger partial charge on any atom is -0.293 e. The van der Waals surface area contributed by atoms with Crippen LogP contribution < -0.4 is 0 Å². The summed E-state index contributed by atoms with van der Waals surface area (Å²) in [5.74, 6) is 0.391. The first-order valence-electron chi connectivity index (χ1n) is 4.94. The number of rotatable bonds is 4. The van der Waals surface area contributed by atoms with Crippen molar-refractivity contribution in [3.63, 3.8) is 0 Å². The molecule has 1 rings (SSSR count). The molecule has 0 spiro atoms. The van der Waals surface area contributed by atoms with Gasteiger partial charge in [-0.3, -0.25) is 4.90 Å². The molecule has 80 valence electrons. The molecule has 0 aromatic heterocycles. The number of halogens is 1. The third kappa shape index (κ3) is 3.91. The number of benzene rings is 1. The van der Waals surface area contributed by atoms with Crippen molar-refractivity contribution in [3.8, 4) is 6.07 Å². The van der Waals surface area contributed by atoms with Crippen LogP contribution in [0.15, 0.2) is 24.3 Å². The van der Waals surface area contributed by atoms with Crippen LogP contribution in [0.5, 0.6) is 0 Å². The van der Waals surface area contributed by atoms with E-state index in [4.69, 9.17) is 16.9 Å². The molecule has 0 N–H and O–H groups in total. The van der Waals surface area contributed by atoms with Gasteiger partial charge < -0.3 is 0 Å². The highest BCUT2D eigenvalue weighted by Gasteiger charge is 2.08. The number of nitriles is 1. The summed E-state index contributed by atoms with van der Waals surface area (Å²) >= 11 is 5.92. The summed E-state index contributed by atoms with van der Waals surface area (Å²) < 4.78 is 0. The average Bonchev–Trinajstić information content (AvgIpc) is 2.18. The van der Waals surface area contributed by atoms with Crippen LogP contribution in [0.2, 0.25) is 5.02 Å². The molecule has 0 amide bonds. The molecule has 0 saturated heterocycles. The predicted octanol–water partition coefficient (Wildman–Crippen LogP) is 2.90. The van der Waals surface area contributed by atoms with Crippen LogP contribution in [0.3, 0.4) is 0 Å². The van der Waals surface area contributed by atoms with Crippen molar-refractivity contribution in [3.05, 3.63) is 34.9 Å². The first-order chi connectivity index (χ1) is 7.13. The van der Waals surface area contributed by atoms with E-state index in [-0.39, 0.29) is 0 Å². The Bertz CT molecular complexity index is 357. The molecule has 0 bridgehead atoms. The number of nitrogens with zero attached hydrogens (tertiary/aromatic N) is 2. The van der Waals surface area contributed by atoms with Gasteiger partial charge in [0.1, 0.15) is 0 Å².